The molecular formula is C24H33BN4O4S2. The zero-order valence-corrected chi connectivity index (χ0v) is 22.1. The molecule has 1 aliphatic rings. The Balaban J connectivity index is 1.54. The van der Waals surface area contributed by atoms with Crippen LogP contribution in [0.5, 0.6) is 0 Å². The van der Waals surface area contributed by atoms with Gasteiger partial charge in [0.2, 0.25) is 0 Å². The smallest absolute Gasteiger partial charge is 0.307 e. The van der Waals surface area contributed by atoms with Crippen LogP contribution in [-0.4, -0.2) is 63.1 Å². The maximum absolute atomic E-state index is 11.6. The number of nitrogens with zero attached hydrogens (tertiary/aromatic N) is 4. The number of carboxylic acid groups (broad SMARTS) is 1. The third-order valence-corrected chi connectivity index (χ3v) is 8.74. The van der Waals surface area contributed by atoms with Crippen LogP contribution in [0, 0.1) is 0 Å². The second kappa shape index (κ2) is 13.7. The van der Waals surface area contributed by atoms with Gasteiger partial charge in [0.05, 0.1) is 24.0 Å². The number of unbranched alkanes of at least 4 members (excludes halogenated alkanes) is 2. The number of benzene rings is 1. The first-order valence-electron chi connectivity index (χ1n) is 12.0. The Labute approximate surface area is 216 Å². The molecule has 0 radical (unpaired) electrons. The van der Waals surface area contributed by atoms with Gasteiger partial charge in [-0.1, -0.05) is 43.0 Å². The van der Waals surface area contributed by atoms with Crippen LogP contribution < -0.4 is 0 Å². The molecule has 2 N–H and O–H groups in total. The quantitative estimate of drug-likeness (QED) is 0.179. The molecule has 0 saturated carbocycles. The highest BCUT2D eigenvalue weighted by molar-refractivity contribution is 8.08. The van der Waals surface area contributed by atoms with Gasteiger partial charge in [-0.2, -0.15) is 0 Å². The van der Waals surface area contributed by atoms with Crippen molar-refractivity contribution in [3.63, 3.8) is 0 Å². The predicted molar refractivity (Wildman–Crippen MR) is 143 cm³/mol. The number of thioether (sulfide) groups is 2. The number of hydrogen-bond donors (Lipinski definition) is 2. The lowest BCUT2D eigenvalue weighted by Crippen LogP contribution is -2.20. The number of aliphatic hydroxyl groups is 1. The van der Waals surface area contributed by atoms with Crippen molar-refractivity contribution in [2.75, 3.05) is 13.2 Å². The Hall–Kier alpha value is -2.24. The molecule has 35 heavy (non-hydrogen) atoms. The van der Waals surface area contributed by atoms with E-state index in [0.29, 0.717) is 23.7 Å². The number of aromatic nitrogens is 3. The monoisotopic (exact) mass is 516 g/mol. The fourth-order valence-electron chi connectivity index (χ4n) is 3.62. The van der Waals surface area contributed by atoms with Crippen LogP contribution in [0.4, 0.5) is 0 Å². The van der Waals surface area contributed by atoms with E-state index in [1.54, 1.807) is 19.6 Å². The van der Waals surface area contributed by atoms with Gasteiger partial charge >= 0.3 is 5.97 Å². The predicted octanol–water partition coefficient (Wildman–Crippen LogP) is 3.91. The van der Waals surface area contributed by atoms with E-state index in [9.17, 15) is 15.0 Å². The Bertz CT molecular complexity index is 1060. The molecule has 1 aromatic carbocycles. The van der Waals surface area contributed by atoms with Crippen LogP contribution in [-0.2, 0) is 16.2 Å². The van der Waals surface area contributed by atoms with Crippen molar-refractivity contribution in [1.29, 1.82) is 0 Å². The molecule has 3 rings (SSSR count). The van der Waals surface area contributed by atoms with Gasteiger partial charge in [-0.25, -0.2) is 0 Å². The van der Waals surface area contributed by atoms with E-state index in [1.165, 1.54) is 11.8 Å². The largest absolute Gasteiger partial charge is 0.481 e. The number of aliphatic hydroxyl groups excluding tert-OH is 1. The summed E-state index contributed by atoms with van der Waals surface area (Å²) < 4.78 is 1.89. The third-order valence-electron chi connectivity index (χ3n) is 5.86. The van der Waals surface area contributed by atoms with Crippen molar-refractivity contribution in [2.45, 2.75) is 73.5 Å². The van der Waals surface area contributed by atoms with Crippen LogP contribution in [0.25, 0.3) is 0 Å². The zero-order valence-electron chi connectivity index (χ0n) is 20.5. The van der Waals surface area contributed by atoms with Crippen LogP contribution in [0.3, 0.4) is 0 Å². The number of hydrogen-bond acceptors (Lipinski definition) is 8. The molecule has 0 aliphatic carbocycles. The highest BCUT2D eigenvalue weighted by atomic mass is 32.2. The lowest BCUT2D eigenvalue weighted by Gasteiger charge is -2.27. The summed E-state index contributed by atoms with van der Waals surface area (Å²) in [5.74, 6) is -0.514. The number of carbonyl (C=O) groups is 1. The fourth-order valence-corrected chi connectivity index (χ4v) is 6.25. The van der Waals surface area contributed by atoms with Gasteiger partial charge in [-0.15, -0.1) is 22.0 Å². The van der Waals surface area contributed by atoms with Crippen LogP contribution in [0.1, 0.15) is 57.6 Å². The van der Waals surface area contributed by atoms with E-state index in [-0.39, 0.29) is 18.3 Å². The molecule has 188 valence electrons. The summed E-state index contributed by atoms with van der Waals surface area (Å²) >= 11 is 3.06. The van der Waals surface area contributed by atoms with Crippen molar-refractivity contribution >= 4 is 43.0 Å². The van der Waals surface area contributed by atoms with Gasteiger partial charge in [-0.05, 0) is 43.4 Å². The Morgan fingerprint density at radius 1 is 1.29 bits per heavy atom. The summed E-state index contributed by atoms with van der Waals surface area (Å²) in [6.07, 6.45) is 5.67. The first-order valence-corrected chi connectivity index (χ1v) is 13.7. The molecule has 1 aromatic heterocycles. The number of oxime groups is 1. The second-order valence-corrected chi connectivity index (χ2v) is 10.9. The molecule has 0 bridgehead atoms. The Kier molecular flexibility index (Phi) is 10.7. The summed E-state index contributed by atoms with van der Waals surface area (Å²) in [6, 6.07) is 7.94. The molecular weight excluding hydrogens is 483 g/mol. The fraction of sp³-hybridized carbons (Fsp3) is 0.500. The highest BCUT2D eigenvalue weighted by Gasteiger charge is 2.28. The lowest BCUT2D eigenvalue weighted by atomic mass is 9.90. The maximum atomic E-state index is 11.6. The first-order chi connectivity index (χ1) is 16.9. The molecule has 11 heteroatoms. The van der Waals surface area contributed by atoms with E-state index in [2.05, 4.69) is 29.3 Å². The maximum Gasteiger partial charge on any atom is 0.307 e. The second-order valence-electron chi connectivity index (χ2n) is 8.54. The summed E-state index contributed by atoms with van der Waals surface area (Å²) in [7, 11) is 1.77. The summed E-state index contributed by atoms with van der Waals surface area (Å²) in [6.45, 7) is 5.49. The molecule has 0 spiro atoms. The number of carboxylic acids is 1. The minimum atomic E-state index is -0.937. The lowest BCUT2D eigenvalue weighted by molar-refractivity contribution is -0.136. The van der Waals surface area contributed by atoms with Gasteiger partial charge in [-0.3, -0.25) is 9.48 Å². The summed E-state index contributed by atoms with van der Waals surface area (Å²) in [5.41, 5.74) is 2.17. The first kappa shape index (κ1) is 27.4. The van der Waals surface area contributed by atoms with Crippen LogP contribution in [0.2, 0.25) is 0 Å². The van der Waals surface area contributed by atoms with Gasteiger partial charge in [0.1, 0.15) is 6.61 Å². The number of aryl methyl sites for hydroxylation is 1. The van der Waals surface area contributed by atoms with Gasteiger partial charge in [0.15, 0.2) is 7.85 Å². The molecule has 2 unspecified atom stereocenters. The van der Waals surface area contributed by atoms with Crippen molar-refractivity contribution in [3.8, 4) is 0 Å². The Morgan fingerprint density at radius 3 is 2.77 bits per heavy atom. The van der Waals surface area contributed by atoms with E-state index < -0.39 is 5.97 Å². The van der Waals surface area contributed by atoms with E-state index in [4.69, 9.17) is 4.84 Å². The molecule has 2 atom stereocenters. The van der Waals surface area contributed by atoms with E-state index >= 15 is 0 Å². The standard InChI is InChI=1S/C24H33BN4O4S2/c1-3-16(2)18-14-29(28-26-18)11-7-4-8-12-33-27-24(25)17(13-22(31)32)23-21(15-30)34-19-9-5-6-10-20(19)35-23/h5-6,9-10,14,16,21,30H,3-4,7-8,11-13,15,25H2,1-2H3,(H,31,32)/b23-17-,27-24-. The van der Waals surface area contributed by atoms with Gasteiger partial charge < -0.3 is 15.1 Å². The highest BCUT2D eigenvalue weighted by Crippen LogP contribution is 2.48. The molecule has 2 aromatic rings. The van der Waals surface area contributed by atoms with Crippen molar-refractivity contribution < 1.29 is 19.8 Å². The minimum absolute atomic E-state index is 0.0801. The number of rotatable bonds is 13. The molecule has 0 amide bonds. The Morgan fingerprint density at radius 2 is 2.06 bits per heavy atom. The topological polar surface area (TPSA) is 110 Å². The van der Waals surface area contributed by atoms with E-state index in [1.807, 2.05) is 35.1 Å². The van der Waals surface area contributed by atoms with Crippen LogP contribution in [0.15, 0.2) is 55.9 Å². The van der Waals surface area contributed by atoms with Crippen molar-refractivity contribution in [3.05, 3.63) is 46.6 Å². The number of aliphatic carboxylic acids is 1. The third kappa shape index (κ3) is 7.88. The molecule has 1 aliphatic heterocycles. The average molecular weight is 516 g/mol. The molecule has 2 heterocycles. The van der Waals surface area contributed by atoms with E-state index in [0.717, 1.165) is 52.6 Å². The molecule has 8 nitrogen and oxygen atoms in total. The van der Waals surface area contributed by atoms with Gasteiger partial charge in [0.25, 0.3) is 0 Å². The van der Waals surface area contributed by atoms with Crippen molar-refractivity contribution in [2.24, 2.45) is 5.16 Å². The van der Waals surface area contributed by atoms with Crippen molar-refractivity contribution in [1.82, 2.24) is 15.0 Å². The average Bonchev–Trinajstić information content (AvgIpc) is 3.34. The minimum Gasteiger partial charge on any atom is -0.481 e. The summed E-state index contributed by atoms with van der Waals surface area (Å²) in [5, 5.41) is 31.9. The molecule has 0 fully saturated rings. The SMILES string of the molecule is BC(=N\OCCCCCn1cc(C(C)CC)nn1)/C(CC(=O)O)=C1\Sc2ccccc2SC1CO. The summed E-state index contributed by atoms with van der Waals surface area (Å²) in [4.78, 5) is 20.1. The number of fused-ring (bicyclic) bond motifs is 1. The van der Waals surface area contributed by atoms with Crippen LogP contribution >= 0.6 is 23.5 Å². The normalized spacial score (nSPS) is 18.1. The molecule has 0 saturated heterocycles. The van der Waals surface area contributed by atoms with Gasteiger partial charge in [0, 0.05) is 39.0 Å². The zero-order chi connectivity index (χ0) is 25.2.